The third-order valence-electron chi connectivity index (χ3n) is 1.11. The average molecular weight is 199 g/mol. The van der Waals surface area contributed by atoms with E-state index in [2.05, 4.69) is 14.1 Å². The minimum absolute atomic E-state index is 0.231. The van der Waals surface area contributed by atoms with Crippen molar-refractivity contribution in [3.63, 3.8) is 0 Å². The van der Waals surface area contributed by atoms with E-state index >= 15 is 0 Å². The molecular weight excluding hydrogens is 190 g/mol. The second kappa shape index (κ2) is 4.56. The van der Waals surface area contributed by atoms with Crippen molar-refractivity contribution in [3.05, 3.63) is 11.9 Å². The van der Waals surface area contributed by atoms with Gasteiger partial charge in [0.2, 0.25) is 0 Å². The van der Waals surface area contributed by atoms with Crippen LogP contribution in [0.3, 0.4) is 0 Å². The molecule has 1 aromatic heterocycles. The van der Waals surface area contributed by atoms with E-state index in [0.717, 1.165) is 11.5 Å². The molecule has 0 radical (unpaired) electrons. The van der Waals surface area contributed by atoms with Gasteiger partial charge in [-0.25, -0.2) is 0 Å². The Morgan fingerprint density at radius 1 is 1.77 bits per heavy atom. The molecule has 2 N–H and O–H groups in total. The summed E-state index contributed by atoms with van der Waals surface area (Å²) in [4.78, 5) is 14.2. The summed E-state index contributed by atoms with van der Waals surface area (Å²) in [7, 11) is 0. The zero-order chi connectivity index (χ0) is 9.68. The Kier molecular flexibility index (Phi) is 3.39. The standard InChI is InChI=1S/C7H9N3O2S/c1-5(11)12-4-2-3-6-9-7(8)13-10-6/h2-3H,4H2,1H3,(H2,8,9,10). The summed E-state index contributed by atoms with van der Waals surface area (Å²) in [6.07, 6.45) is 3.30. The van der Waals surface area contributed by atoms with Gasteiger partial charge in [-0.2, -0.15) is 9.36 Å². The molecule has 1 aromatic rings. The topological polar surface area (TPSA) is 78.1 Å². The molecule has 0 aliphatic heterocycles. The van der Waals surface area contributed by atoms with E-state index in [1.165, 1.54) is 6.92 Å². The maximum Gasteiger partial charge on any atom is 0.302 e. The van der Waals surface area contributed by atoms with Gasteiger partial charge in [-0.3, -0.25) is 4.79 Å². The van der Waals surface area contributed by atoms with E-state index in [0.29, 0.717) is 11.0 Å². The van der Waals surface area contributed by atoms with E-state index in [1.807, 2.05) is 0 Å². The first kappa shape index (κ1) is 9.66. The molecule has 13 heavy (non-hydrogen) atoms. The molecule has 1 heterocycles. The lowest BCUT2D eigenvalue weighted by atomic mass is 10.5. The van der Waals surface area contributed by atoms with E-state index in [-0.39, 0.29) is 12.6 Å². The smallest absolute Gasteiger partial charge is 0.302 e. The summed E-state index contributed by atoms with van der Waals surface area (Å²) in [6.45, 7) is 1.58. The summed E-state index contributed by atoms with van der Waals surface area (Å²) in [5, 5.41) is 0.423. The molecule has 1 rings (SSSR count). The predicted octanol–water partition coefficient (Wildman–Crippen LogP) is 0.697. The van der Waals surface area contributed by atoms with Crippen molar-refractivity contribution in [2.24, 2.45) is 0 Å². The first-order chi connectivity index (χ1) is 6.18. The van der Waals surface area contributed by atoms with Crippen LogP contribution in [-0.4, -0.2) is 21.9 Å². The van der Waals surface area contributed by atoms with Crippen LogP contribution in [0.1, 0.15) is 12.7 Å². The fraction of sp³-hybridized carbons (Fsp3) is 0.286. The Morgan fingerprint density at radius 2 is 2.54 bits per heavy atom. The fourth-order valence-corrected chi connectivity index (χ4v) is 1.06. The third-order valence-corrected chi connectivity index (χ3v) is 1.66. The molecule has 5 nitrogen and oxygen atoms in total. The number of nitrogens with two attached hydrogens (primary N) is 1. The van der Waals surface area contributed by atoms with Crippen LogP contribution in [0.5, 0.6) is 0 Å². The van der Waals surface area contributed by atoms with Crippen LogP contribution in [0.15, 0.2) is 6.08 Å². The number of ether oxygens (including phenoxy) is 1. The molecule has 0 amide bonds. The summed E-state index contributed by atoms with van der Waals surface area (Å²) in [6, 6.07) is 0. The van der Waals surface area contributed by atoms with Crippen LogP contribution in [0, 0.1) is 0 Å². The number of nitrogens with zero attached hydrogens (tertiary/aromatic N) is 2. The SMILES string of the molecule is CC(=O)OCC=Cc1nsc(N)n1. The Hall–Kier alpha value is -1.43. The molecule has 70 valence electrons. The summed E-state index contributed by atoms with van der Waals surface area (Å²) in [5.41, 5.74) is 5.36. The van der Waals surface area contributed by atoms with Gasteiger partial charge in [0.05, 0.1) is 0 Å². The number of carbonyl (C=O) groups is 1. The number of anilines is 1. The fourth-order valence-electron chi connectivity index (χ4n) is 0.634. The predicted molar refractivity (Wildman–Crippen MR) is 50.0 cm³/mol. The molecule has 0 aliphatic carbocycles. The highest BCUT2D eigenvalue weighted by molar-refractivity contribution is 7.09. The normalized spacial score (nSPS) is 10.5. The van der Waals surface area contributed by atoms with Crippen molar-refractivity contribution in [3.8, 4) is 0 Å². The highest BCUT2D eigenvalue weighted by Crippen LogP contribution is 2.06. The summed E-state index contributed by atoms with van der Waals surface area (Å²) in [5.74, 6) is 0.227. The molecule has 0 saturated heterocycles. The zero-order valence-corrected chi connectivity index (χ0v) is 7.87. The first-order valence-corrected chi connectivity index (χ1v) is 4.35. The van der Waals surface area contributed by atoms with Gasteiger partial charge in [-0.1, -0.05) is 0 Å². The Balaban J connectivity index is 2.36. The average Bonchev–Trinajstić information content (AvgIpc) is 2.45. The van der Waals surface area contributed by atoms with Crippen molar-refractivity contribution in [1.29, 1.82) is 0 Å². The van der Waals surface area contributed by atoms with Crippen LogP contribution in [0.4, 0.5) is 5.13 Å². The molecule has 0 saturated carbocycles. The Morgan fingerprint density at radius 3 is 3.08 bits per heavy atom. The lowest BCUT2D eigenvalue weighted by Crippen LogP contribution is -1.97. The van der Waals surface area contributed by atoms with Crippen LogP contribution in [0.25, 0.3) is 6.08 Å². The van der Waals surface area contributed by atoms with Crippen LogP contribution in [-0.2, 0) is 9.53 Å². The van der Waals surface area contributed by atoms with Crippen molar-refractivity contribution in [1.82, 2.24) is 9.36 Å². The quantitative estimate of drug-likeness (QED) is 0.725. The second-order valence-electron chi connectivity index (χ2n) is 2.20. The molecule has 0 spiro atoms. The van der Waals surface area contributed by atoms with Gasteiger partial charge in [-0.15, -0.1) is 0 Å². The largest absolute Gasteiger partial charge is 0.462 e. The summed E-state index contributed by atoms with van der Waals surface area (Å²) >= 11 is 1.13. The number of nitrogen functional groups attached to an aromatic ring is 1. The lowest BCUT2D eigenvalue weighted by molar-refractivity contribution is -0.139. The molecule has 6 heteroatoms. The first-order valence-electron chi connectivity index (χ1n) is 3.57. The molecule has 0 aromatic carbocycles. The highest BCUT2D eigenvalue weighted by atomic mass is 32.1. The second-order valence-corrected chi connectivity index (χ2v) is 2.98. The van der Waals surface area contributed by atoms with Gasteiger partial charge >= 0.3 is 5.97 Å². The van der Waals surface area contributed by atoms with E-state index in [1.54, 1.807) is 12.2 Å². The minimum Gasteiger partial charge on any atom is -0.462 e. The molecule has 0 aliphatic rings. The number of rotatable bonds is 3. The lowest BCUT2D eigenvalue weighted by Gasteiger charge is -1.92. The highest BCUT2D eigenvalue weighted by Gasteiger charge is 1.94. The van der Waals surface area contributed by atoms with Gasteiger partial charge in [0.25, 0.3) is 0 Å². The van der Waals surface area contributed by atoms with Gasteiger partial charge < -0.3 is 10.5 Å². The van der Waals surface area contributed by atoms with Crippen molar-refractivity contribution in [2.75, 3.05) is 12.3 Å². The maximum absolute atomic E-state index is 10.4. The number of hydrogen-bond acceptors (Lipinski definition) is 6. The van der Waals surface area contributed by atoms with Crippen LogP contribution >= 0.6 is 11.5 Å². The molecule has 0 fully saturated rings. The Bertz CT molecular complexity index is 321. The molecular formula is C7H9N3O2S. The maximum atomic E-state index is 10.4. The van der Waals surface area contributed by atoms with Gasteiger partial charge in [0, 0.05) is 18.5 Å². The Labute approximate surface area is 79.4 Å². The van der Waals surface area contributed by atoms with Crippen LogP contribution in [0.2, 0.25) is 0 Å². The molecule has 0 atom stereocenters. The molecule has 0 bridgehead atoms. The van der Waals surface area contributed by atoms with Crippen LogP contribution < -0.4 is 5.73 Å². The monoisotopic (exact) mass is 199 g/mol. The number of esters is 1. The molecule has 0 unspecified atom stereocenters. The van der Waals surface area contributed by atoms with Gasteiger partial charge in [0.15, 0.2) is 11.0 Å². The zero-order valence-electron chi connectivity index (χ0n) is 7.06. The van der Waals surface area contributed by atoms with Crippen molar-refractivity contribution in [2.45, 2.75) is 6.92 Å². The number of aromatic nitrogens is 2. The number of hydrogen-bond donors (Lipinski definition) is 1. The summed E-state index contributed by atoms with van der Waals surface area (Å²) < 4.78 is 8.57. The third kappa shape index (κ3) is 3.66. The van der Waals surface area contributed by atoms with Gasteiger partial charge in [0.1, 0.15) is 6.61 Å². The number of carbonyl (C=O) groups excluding carboxylic acids is 1. The van der Waals surface area contributed by atoms with Crippen molar-refractivity contribution < 1.29 is 9.53 Å². The van der Waals surface area contributed by atoms with Crippen molar-refractivity contribution >= 4 is 28.7 Å². The van der Waals surface area contributed by atoms with Gasteiger partial charge in [-0.05, 0) is 12.2 Å². The van der Waals surface area contributed by atoms with E-state index < -0.39 is 0 Å². The van der Waals surface area contributed by atoms with E-state index in [9.17, 15) is 4.79 Å². The minimum atomic E-state index is -0.310. The van der Waals surface area contributed by atoms with E-state index in [4.69, 9.17) is 5.73 Å².